The molecule has 0 saturated heterocycles. The number of hydrogen-bond acceptors (Lipinski definition) is 0. The Morgan fingerprint density at radius 2 is 0.739 bits per heavy atom. The summed E-state index contributed by atoms with van der Waals surface area (Å²) in [5, 5.41) is 5.20. The Morgan fingerprint density at radius 1 is 0.261 bits per heavy atom. The van der Waals surface area contributed by atoms with Crippen LogP contribution in [0, 0.1) is 0 Å². The molecule has 0 saturated carbocycles. The first-order valence-electron chi connectivity index (χ1n) is 24.3. The molecule has 9 heteroatoms. The van der Waals surface area contributed by atoms with Crippen LogP contribution in [-0.2, 0) is 0 Å². The highest BCUT2D eigenvalue weighted by Crippen LogP contribution is 2.41. The molecule has 0 fully saturated rings. The zero-order valence-corrected chi connectivity index (χ0v) is 40.4. The van der Waals surface area contributed by atoms with Gasteiger partial charge in [-0.2, -0.15) is 0 Å². The Bertz CT molecular complexity index is 3990. The van der Waals surface area contributed by atoms with E-state index in [0.29, 0.717) is 0 Å². The topological polar surface area (TPSA) is 9.86 Å². The van der Waals surface area contributed by atoms with Gasteiger partial charge in [-0.25, -0.2) is 0 Å². The average molecular weight is 872 g/mol. The van der Waals surface area contributed by atoms with Crippen LogP contribution in [0.5, 0.6) is 0 Å². The predicted octanol–water partition coefficient (Wildman–Crippen LogP) is 4.02. The lowest BCUT2D eigenvalue weighted by Gasteiger charge is -2.19. The van der Waals surface area contributed by atoms with Crippen molar-refractivity contribution in [1.82, 2.24) is 9.13 Å². The van der Waals surface area contributed by atoms with Gasteiger partial charge in [-0.1, -0.05) is 191 Å². The van der Waals surface area contributed by atoms with Crippen LogP contribution in [0.3, 0.4) is 0 Å². The van der Waals surface area contributed by atoms with Gasteiger partial charge in [0, 0.05) is 38.6 Å². The van der Waals surface area contributed by atoms with Gasteiger partial charge >= 0.3 is 0 Å². The van der Waals surface area contributed by atoms with Gasteiger partial charge in [-0.05, 0) is 103 Å². The fraction of sp³-hybridized carbons (Fsp3) is 0. The van der Waals surface area contributed by atoms with E-state index >= 15 is 0 Å². The molecule has 0 amide bonds. The van der Waals surface area contributed by atoms with Gasteiger partial charge in [0.25, 0.3) is 0 Å². The van der Waals surface area contributed by atoms with Crippen LogP contribution in [0.2, 0.25) is 0 Å². The molecule has 0 aliphatic carbocycles. The van der Waals surface area contributed by atoms with Gasteiger partial charge in [0.1, 0.15) is 54.9 Å². The quantitative estimate of drug-likeness (QED) is 0.215. The maximum Gasteiger partial charge on any atom is 0.141 e. The second kappa shape index (κ2) is 16.8. The predicted molar refractivity (Wildman–Crippen MR) is 320 cm³/mol. The van der Waals surface area contributed by atoms with E-state index in [0.717, 1.165) is 5.69 Å². The smallest absolute Gasteiger partial charge is 0.141 e. The maximum atomic E-state index is 2.57. The third kappa shape index (κ3) is 6.81. The molecule has 69 heavy (non-hydrogen) atoms. The highest BCUT2D eigenvalue weighted by molar-refractivity contribution is 6.69. The first-order valence-corrected chi connectivity index (χ1v) is 24.3. The Morgan fingerprint density at radius 3 is 1.36 bits per heavy atom. The average Bonchev–Trinajstić information content (AvgIpc) is 3.94. The van der Waals surface area contributed by atoms with Gasteiger partial charge in [0.2, 0.25) is 0 Å². The molecule has 2 heterocycles. The molecule has 0 radical (unpaired) electrons. The Balaban J connectivity index is 1.11. The Kier molecular flexibility index (Phi) is 10.4. The summed E-state index contributed by atoms with van der Waals surface area (Å²) < 4.78 is 5.05. The molecule has 0 N–H and O–H groups in total. The summed E-state index contributed by atoms with van der Waals surface area (Å²) in [6, 6.07) is 73.5. The van der Waals surface area contributed by atoms with E-state index in [4.69, 9.17) is 0 Å². The van der Waals surface area contributed by atoms with Crippen LogP contribution in [0.1, 0.15) is 0 Å². The number of rotatable bonds is 7. The van der Waals surface area contributed by atoms with Crippen molar-refractivity contribution in [1.29, 1.82) is 0 Å². The largest absolute Gasteiger partial charge is 0.310 e. The number of aromatic nitrogens is 2. The van der Waals surface area contributed by atoms with Gasteiger partial charge in [0.05, 0.1) is 11.0 Å². The molecule has 2 aromatic heterocycles. The summed E-state index contributed by atoms with van der Waals surface area (Å²) in [7, 11) is 16.3. The van der Waals surface area contributed by atoms with Crippen LogP contribution in [0.4, 0.5) is 0 Å². The highest BCUT2D eigenvalue weighted by Gasteiger charge is 2.26. The van der Waals surface area contributed by atoms with Crippen molar-refractivity contribution in [2.24, 2.45) is 0 Å². The Hall–Kier alpha value is -7.75. The van der Waals surface area contributed by atoms with Crippen molar-refractivity contribution in [2.45, 2.75) is 0 Å². The van der Waals surface area contributed by atoms with Crippen molar-refractivity contribution in [3.8, 4) is 67.0 Å². The first-order chi connectivity index (χ1) is 33.7. The summed E-state index contributed by atoms with van der Waals surface area (Å²) in [6.07, 6.45) is 0. The lowest BCUT2D eigenvalue weighted by atomic mass is 9.64. The van der Waals surface area contributed by atoms with Crippen LogP contribution in [0.15, 0.2) is 200 Å². The first kappa shape index (κ1) is 42.6. The third-order valence-corrected chi connectivity index (χ3v) is 15.5. The number of nitrogens with zero attached hydrogens (tertiary/aromatic N) is 2. The summed E-state index contributed by atoms with van der Waals surface area (Å²) in [5.74, 6) is 0. The van der Waals surface area contributed by atoms with E-state index in [2.05, 4.69) is 264 Å². The minimum atomic E-state index is 1.14. The second-order valence-corrected chi connectivity index (χ2v) is 19.1. The van der Waals surface area contributed by atoms with Crippen molar-refractivity contribution in [2.75, 3.05) is 0 Å². The third-order valence-electron chi connectivity index (χ3n) is 15.5. The summed E-state index contributed by atoms with van der Waals surface area (Å²) in [5.41, 5.74) is 28.9. The molecule has 0 atom stereocenters. The lowest BCUT2D eigenvalue weighted by molar-refractivity contribution is 1.18. The fourth-order valence-electron chi connectivity index (χ4n) is 11.5. The number of hydrogen-bond donors (Lipinski definition) is 0. The van der Waals surface area contributed by atoms with Crippen LogP contribution >= 0.6 is 0 Å². The van der Waals surface area contributed by atoms with E-state index in [1.165, 1.54) is 143 Å². The SMILES string of the molecule is Bc1c(B)c(B)c2c(c1B)c1c(B)c(-c3ccc4c(c3)c3c(-c5ccc(-c6ccccc6)cc5)cccc3n4-c3cccc(-c4ccccc4)c3)c(B)c(B)c1n2-c1ccc(-c2ccccc2)cc1. The molecule has 12 aromatic rings. The van der Waals surface area contributed by atoms with Gasteiger partial charge < -0.3 is 9.13 Å². The molecule has 0 unspecified atom stereocenters. The van der Waals surface area contributed by atoms with E-state index in [1.807, 2.05) is 0 Å². The van der Waals surface area contributed by atoms with Crippen molar-refractivity contribution in [3.05, 3.63) is 200 Å². The monoisotopic (exact) mass is 872 g/mol. The van der Waals surface area contributed by atoms with E-state index in [-0.39, 0.29) is 0 Å². The highest BCUT2D eigenvalue weighted by atomic mass is 15.0. The zero-order chi connectivity index (χ0) is 47.1. The normalized spacial score (nSPS) is 11.6. The van der Waals surface area contributed by atoms with Crippen LogP contribution < -0.4 is 38.2 Å². The molecule has 0 aliphatic heterocycles. The molecule has 0 spiro atoms. The molecule has 318 valence electrons. The lowest BCUT2D eigenvalue weighted by Crippen LogP contribution is -2.48. The van der Waals surface area contributed by atoms with Crippen molar-refractivity contribution in [3.63, 3.8) is 0 Å². The van der Waals surface area contributed by atoms with Crippen LogP contribution in [-0.4, -0.2) is 64.1 Å². The minimum Gasteiger partial charge on any atom is -0.310 e. The molecular weight excluding hydrogens is 824 g/mol. The fourth-order valence-corrected chi connectivity index (χ4v) is 11.5. The van der Waals surface area contributed by atoms with Gasteiger partial charge in [-0.15, -0.1) is 5.46 Å². The molecule has 0 aliphatic rings. The molecular formula is C60H47B7N2. The summed E-state index contributed by atoms with van der Waals surface area (Å²) in [4.78, 5) is 0. The maximum absolute atomic E-state index is 2.57. The van der Waals surface area contributed by atoms with E-state index < -0.39 is 0 Å². The molecule has 0 bridgehead atoms. The second-order valence-electron chi connectivity index (χ2n) is 19.1. The Labute approximate surface area is 410 Å². The number of benzene rings is 10. The van der Waals surface area contributed by atoms with Crippen molar-refractivity contribution >= 4 is 137 Å². The van der Waals surface area contributed by atoms with Gasteiger partial charge in [0.15, 0.2) is 0 Å². The minimum absolute atomic E-state index is 1.14. The van der Waals surface area contributed by atoms with Crippen molar-refractivity contribution < 1.29 is 0 Å². The van der Waals surface area contributed by atoms with Gasteiger partial charge in [-0.3, -0.25) is 0 Å². The molecule has 10 aromatic carbocycles. The molecule has 2 nitrogen and oxygen atoms in total. The standard InChI is InChI=1S/C60H47B7N2/c61-52-48(53(62)57(66)59-50(52)51-54(63)55(64)56(65)58(67)60(51)69(59)42-29-26-38(27-30-42)35-14-6-2-7-15-35)41-28-31-46-45(33-41)49-44(39-24-22-37(23-25-39)34-12-4-1-5-13-34)20-11-21-47(49)68(46)43-19-10-18-40(32-43)36-16-8-3-9-17-36/h1-33H,61-67H2. The number of fused-ring (bicyclic) bond motifs is 6. The van der Waals surface area contributed by atoms with Crippen LogP contribution in [0.25, 0.3) is 111 Å². The summed E-state index contributed by atoms with van der Waals surface area (Å²) >= 11 is 0. The summed E-state index contributed by atoms with van der Waals surface area (Å²) in [6.45, 7) is 0. The van der Waals surface area contributed by atoms with E-state index in [9.17, 15) is 0 Å². The zero-order valence-electron chi connectivity index (χ0n) is 40.4. The van der Waals surface area contributed by atoms with E-state index in [1.54, 1.807) is 0 Å². The molecule has 12 rings (SSSR count).